The van der Waals surface area contributed by atoms with Crippen LogP contribution in [0, 0.1) is 10.1 Å². The molecule has 3 heterocycles. The summed E-state index contributed by atoms with van der Waals surface area (Å²) >= 11 is 0. The first kappa shape index (κ1) is 25.0. The predicted molar refractivity (Wildman–Crippen MR) is 137 cm³/mol. The molecule has 0 bridgehead atoms. The zero-order chi connectivity index (χ0) is 26.8. The normalized spacial score (nSPS) is 13.5. The minimum atomic E-state index is -1.30. The van der Waals surface area contributed by atoms with Crippen LogP contribution in [-0.4, -0.2) is 69.5 Å². The molecular formula is C26H23N5O7. The van der Waals surface area contributed by atoms with E-state index in [2.05, 4.69) is 4.98 Å². The van der Waals surface area contributed by atoms with Gasteiger partial charge in [0.05, 0.1) is 48.5 Å². The number of pyridine rings is 1. The lowest BCUT2D eigenvalue weighted by molar-refractivity contribution is -0.384. The largest absolute Gasteiger partial charge is 0.496 e. The van der Waals surface area contributed by atoms with Gasteiger partial charge >= 0.3 is 5.97 Å². The summed E-state index contributed by atoms with van der Waals surface area (Å²) in [5.74, 6) is -0.0676. The number of nitro benzene ring substituents is 1. The van der Waals surface area contributed by atoms with Gasteiger partial charge in [0.1, 0.15) is 11.6 Å². The Hall–Kier alpha value is -4.68. The van der Waals surface area contributed by atoms with Crippen LogP contribution in [0.25, 0.3) is 33.7 Å². The lowest BCUT2D eigenvalue weighted by Gasteiger charge is -2.28. The fourth-order valence-corrected chi connectivity index (χ4v) is 4.33. The number of fused-ring (bicyclic) bond motifs is 1. The third-order valence-electron chi connectivity index (χ3n) is 6.23. The smallest absolute Gasteiger partial charge is 0.335 e. The van der Waals surface area contributed by atoms with Crippen LogP contribution >= 0.6 is 0 Å². The molecule has 194 valence electrons. The molecule has 0 amide bonds. The van der Waals surface area contributed by atoms with E-state index in [1.807, 2.05) is 23.1 Å². The summed E-state index contributed by atoms with van der Waals surface area (Å²) in [6.45, 7) is 1.93. The summed E-state index contributed by atoms with van der Waals surface area (Å²) in [4.78, 5) is 38.6. The number of carboxylic acid groups (broad SMARTS) is 1. The number of carboxylic acids is 1. The molecule has 1 aliphatic rings. The molecule has 2 N–H and O–H groups in total. The van der Waals surface area contributed by atoms with E-state index in [0.29, 0.717) is 60.2 Å². The first-order valence-electron chi connectivity index (χ1n) is 11.7. The van der Waals surface area contributed by atoms with E-state index in [0.717, 1.165) is 11.6 Å². The van der Waals surface area contributed by atoms with Crippen LogP contribution in [0.2, 0.25) is 0 Å². The Kier molecular flexibility index (Phi) is 6.81. The predicted octanol–water partition coefficient (Wildman–Crippen LogP) is 3.30. The number of rotatable bonds is 7. The maximum atomic E-state index is 11.7. The quantitative estimate of drug-likeness (QED) is 0.273. The Bertz CT molecular complexity index is 1520. The Morgan fingerprint density at radius 3 is 2.55 bits per heavy atom. The maximum Gasteiger partial charge on any atom is 0.335 e. The van der Waals surface area contributed by atoms with Crippen molar-refractivity contribution < 1.29 is 29.4 Å². The standard InChI is InChI=1S/C26H23N5O7/c1-37-22-5-2-15(10-18(22)14-32)21-4-3-20-24(27-21)28-23(29-25(20)30-6-8-38-9-7-30)16-11-17(26(33)34)13-19(12-16)31(35)36/h2-5,10-13,32H,6-9,14H2,1H3,(H,33,34). The van der Waals surface area contributed by atoms with Crippen molar-refractivity contribution in [3.8, 4) is 28.4 Å². The molecule has 2 aromatic heterocycles. The van der Waals surface area contributed by atoms with Gasteiger partial charge in [0, 0.05) is 41.9 Å². The number of benzene rings is 2. The molecule has 38 heavy (non-hydrogen) atoms. The van der Waals surface area contributed by atoms with Gasteiger partial charge in [0.25, 0.3) is 5.69 Å². The van der Waals surface area contributed by atoms with Crippen LogP contribution < -0.4 is 9.64 Å². The number of morpholine rings is 1. The molecule has 5 rings (SSSR count). The number of aliphatic hydroxyl groups is 1. The topological polar surface area (TPSA) is 161 Å². The van der Waals surface area contributed by atoms with E-state index in [-0.39, 0.29) is 29.2 Å². The first-order chi connectivity index (χ1) is 18.4. The number of ether oxygens (including phenoxy) is 2. The number of nitro groups is 1. The maximum absolute atomic E-state index is 11.7. The molecule has 0 unspecified atom stereocenters. The van der Waals surface area contributed by atoms with E-state index >= 15 is 0 Å². The zero-order valence-corrected chi connectivity index (χ0v) is 20.3. The van der Waals surface area contributed by atoms with E-state index < -0.39 is 10.9 Å². The molecule has 0 saturated carbocycles. The monoisotopic (exact) mass is 517 g/mol. The number of methoxy groups -OCH3 is 1. The third kappa shape index (κ3) is 4.82. The number of aromatic carboxylic acids is 1. The van der Waals surface area contributed by atoms with Gasteiger partial charge in [-0.1, -0.05) is 0 Å². The number of carbonyl (C=O) groups is 1. The summed E-state index contributed by atoms with van der Waals surface area (Å²) in [6, 6.07) is 12.6. The van der Waals surface area contributed by atoms with Crippen LogP contribution in [0.4, 0.5) is 11.5 Å². The lowest BCUT2D eigenvalue weighted by atomic mass is 10.1. The van der Waals surface area contributed by atoms with E-state index in [4.69, 9.17) is 19.4 Å². The molecule has 4 aromatic rings. The average Bonchev–Trinajstić information content (AvgIpc) is 2.95. The summed E-state index contributed by atoms with van der Waals surface area (Å²) in [6.07, 6.45) is 0. The second-order valence-electron chi connectivity index (χ2n) is 8.55. The average molecular weight is 517 g/mol. The summed E-state index contributed by atoms with van der Waals surface area (Å²) < 4.78 is 10.8. The molecule has 1 aliphatic heterocycles. The van der Waals surface area contributed by atoms with Crippen molar-refractivity contribution in [1.82, 2.24) is 15.0 Å². The van der Waals surface area contributed by atoms with Crippen LogP contribution in [0.5, 0.6) is 5.75 Å². The van der Waals surface area contributed by atoms with E-state index in [9.17, 15) is 25.1 Å². The third-order valence-corrected chi connectivity index (χ3v) is 6.23. The highest BCUT2D eigenvalue weighted by atomic mass is 16.6. The van der Waals surface area contributed by atoms with Crippen LogP contribution in [-0.2, 0) is 11.3 Å². The van der Waals surface area contributed by atoms with Gasteiger partial charge in [-0.3, -0.25) is 10.1 Å². The van der Waals surface area contributed by atoms with Crippen molar-refractivity contribution in [1.29, 1.82) is 0 Å². The molecule has 12 heteroatoms. The van der Waals surface area contributed by atoms with Gasteiger partial charge in [-0.15, -0.1) is 0 Å². The molecule has 1 saturated heterocycles. The molecule has 1 fully saturated rings. The summed E-state index contributed by atoms with van der Waals surface area (Å²) in [7, 11) is 1.53. The molecule has 0 spiro atoms. The number of aliphatic hydroxyl groups excluding tert-OH is 1. The van der Waals surface area contributed by atoms with Gasteiger partial charge in [0.2, 0.25) is 0 Å². The minimum absolute atomic E-state index is 0.112. The van der Waals surface area contributed by atoms with Crippen molar-refractivity contribution in [2.45, 2.75) is 6.61 Å². The Labute approximate surface area is 216 Å². The zero-order valence-electron chi connectivity index (χ0n) is 20.3. The number of non-ortho nitro benzene ring substituents is 1. The molecule has 0 radical (unpaired) electrons. The van der Waals surface area contributed by atoms with Crippen molar-refractivity contribution in [3.63, 3.8) is 0 Å². The molecule has 0 atom stereocenters. The van der Waals surface area contributed by atoms with Crippen molar-refractivity contribution in [3.05, 3.63) is 69.8 Å². The highest BCUT2D eigenvalue weighted by Gasteiger charge is 2.22. The van der Waals surface area contributed by atoms with Crippen LogP contribution in [0.3, 0.4) is 0 Å². The molecule has 0 aliphatic carbocycles. The Morgan fingerprint density at radius 1 is 1.08 bits per heavy atom. The highest BCUT2D eigenvalue weighted by molar-refractivity contribution is 5.92. The van der Waals surface area contributed by atoms with Crippen LogP contribution in [0.1, 0.15) is 15.9 Å². The highest BCUT2D eigenvalue weighted by Crippen LogP contribution is 2.32. The summed E-state index contributed by atoms with van der Waals surface area (Å²) in [5.41, 5.74) is 1.80. The van der Waals surface area contributed by atoms with Gasteiger partial charge < -0.3 is 24.6 Å². The number of anilines is 1. The van der Waals surface area contributed by atoms with E-state index in [1.54, 1.807) is 12.1 Å². The van der Waals surface area contributed by atoms with Crippen molar-refractivity contribution in [2.24, 2.45) is 0 Å². The number of hydrogen-bond donors (Lipinski definition) is 2. The fourth-order valence-electron chi connectivity index (χ4n) is 4.33. The lowest BCUT2D eigenvalue weighted by Crippen LogP contribution is -2.37. The second-order valence-corrected chi connectivity index (χ2v) is 8.55. The second kappa shape index (κ2) is 10.4. The number of hydrogen-bond acceptors (Lipinski definition) is 10. The molecule has 12 nitrogen and oxygen atoms in total. The van der Waals surface area contributed by atoms with Crippen molar-refractivity contribution in [2.75, 3.05) is 38.3 Å². The van der Waals surface area contributed by atoms with Gasteiger partial charge in [-0.2, -0.15) is 0 Å². The van der Waals surface area contributed by atoms with E-state index in [1.165, 1.54) is 19.2 Å². The van der Waals surface area contributed by atoms with Gasteiger partial charge in [0.15, 0.2) is 11.5 Å². The summed E-state index contributed by atoms with van der Waals surface area (Å²) in [5, 5.41) is 31.4. The van der Waals surface area contributed by atoms with Gasteiger partial charge in [-0.05, 0) is 36.4 Å². The minimum Gasteiger partial charge on any atom is -0.496 e. The SMILES string of the molecule is COc1ccc(-c2ccc3c(N4CCOCC4)nc(-c4cc(C(=O)O)cc([N+](=O)[O-])c4)nc3n2)cc1CO. The molecule has 2 aromatic carbocycles. The first-order valence-corrected chi connectivity index (χ1v) is 11.7. The van der Waals surface area contributed by atoms with Gasteiger partial charge in [-0.25, -0.2) is 19.7 Å². The van der Waals surface area contributed by atoms with Crippen LogP contribution in [0.15, 0.2) is 48.5 Å². The fraction of sp³-hybridized carbons (Fsp3) is 0.231. The van der Waals surface area contributed by atoms with Crippen molar-refractivity contribution >= 4 is 28.5 Å². The Morgan fingerprint density at radius 2 is 1.87 bits per heavy atom. The number of nitrogens with zero attached hydrogens (tertiary/aromatic N) is 5. The Balaban J connectivity index is 1.71. The number of aromatic nitrogens is 3. The molecular weight excluding hydrogens is 494 g/mol.